The average Bonchev–Trinajstić information content (AvgIpc) is 2.70. The summed E-state index contributed by atoms with van der Waals surface area (Å²) >= 11 is 3.31. The first-order valence-corrected chi connectivity index (χ1v) is 9.50. The summed E-state index contributed by atoms with van der Waals surface area (Å²) in [6.07, 6.45) is -0.135. The molecule has 0 fully saturated rings. The van der Waals surface area contributed by atoms with Crippen LogP contribution in [-0.4, -0.2) is 43.3 Å². The highest BCUT2D eigenvalue weighted by molar-refractivity contribution is 9.10. The van der Waals surface area contributed by atoms with E-state index in [9.17, 15) is 14.4 Å². The minimum atomic E-state index is -0.594. The largest absolute Gasteiger partial charge is 0.496 e. The van der Waals surface area contributed by atoms with E-state index < -0.39 is 5.97 Å². The fourth-order valence-electron chi connectivity index (χ4n) is 2.52. The summed E-state index contributed by atoms with van der Waals surface area (Å²) in [5.41, 5.74) is 1.38. The van der Waals surface area contributed by atoms with Crippen molar-refractivity contribution in [2.45, 2.75) is 19.4 Å². The van der Waals surface area contributed by atoms with E-state index in [2.05, 4.69) is 15.9 Å². The Labute approximate surface area is 172 Å². The molecule has 0 radical (unpaired) electrons. The molecule has 0 aliphatic heterocycles. The number of hydrogen-bond acceptors (Lipinski definition) is 5. The van der Waals surface area contributed by atoms with Gasteiger partial charge in [0.25, 0.3) is 5.91 Å². The van der Waals surface area contributed by atoms with E-state index in [0.29, 0.717) is 17.9 Å². The molecule has 0 spiro atoms. The molecule has 0 saturated carbocycles. The molecule has 0 aliphatic rings. The van der Waals surface area contributed by atoms with Crippen LogP contribution in [0.25, 0.3) is 0 Å². The van der Waals surface area contributed by atoms with Crippen LogP contribution >= 0.6 is 15.9 Å². The normalized spacial score (nSPS) is 10.2. The molecule has 2 aromatic carbocycles. The van der Waals surface area contributed by atoms with Crippen molar-refractivity contribution in [2.24, 2.45) is 0 Å². The minimum Gasteiger partial charge on any atom is -0.496 e. The van der Waals surface area contributed by atoms with Crippen LogP contribution < -0.4 is 4.74 Å². The van der Waals surface area contributed by atoms with Crippen LogP contribution in [0.3, 0.4) is 0 Å². The predicted octanol–water partition coefficient (Wildman–Crippen LogP) is 3.62. The molecule has 0 aliphatic carbocycles. The lowest BCUT2D eigenvalue weighted by Crippen LogP contribution is -2.30. The van der Waals surface area contributed by atoms with Gasteiger partial charge in [0.15, 0.2) is 12.4 Å². The summed E-state index contributed by atoms with van der Waals surface area (Å²) in [4.78, 5) is 37.8. The van der Waals surface area contributed by atoms with E-state index in [-0.39, 0.29) is 31.1 Å². The number of methoxy groups -OCH3 is 1. The van der Waals surface area contributed by atoms with E-state index in [4.69, 9.17) is 9.47 Å². The number of ketones is 1. The second-order valence-electron chi connectivity index (χ2n) is 6.16. The zero-order chi connectivity index (χ0) is 20.5. The highest BCUT2D eigenvalue weighted by atomic mass is 79.9. The second-order valence-corrected chi connectivity index (χ2v) is 7.08. The highest BCUT2D eigenvalue weighted by Gasteiger charge is 2.17. The molecule has 0 atom stereocenters. The Balaban J connectivity index is 1.78. The Bertz CT molecular complexity index is 838. The molecule has 0 N–H and O–H groups in total. The van der Waals surface area contributed by atoms with E-state index in [0.717, 1.165) is 10.0 Å². The van der Waals surface area contributed by atoms with Crippen molar-refractivity contribution >= 4 is 33.6 Å². The van der Waals surface area contributed by atoms with Crippen molar-refractivity contribution in [3.05, 3.63) is 64.1 Å². The van der Waals surface area contributed by atoms with Crippen molar-refractivity contribution in [3.63, 3.8) is 0 Å². The molecular weight excluding hydrogens is 426 g/mol. The number of benzene rings is 2. The number of amides is 1. The maximum atomic E-state index is 12.3. The zero-order valence-corrected chi connectivity index (χ0v) is 17.4. The maximum Gasteiger partial charge on any atom is 0.306 e. The Morgan fingerprint density at radius 2 is 1.75 bits per heavy atom. The predicted molar refractivity (Wildman–Crippen MR) is 108 cm³/mol. The molecule has 1 amide bonds. The first kappa shape index (κ1) is 21.6. The summed E-state index contributed by atoms with van der Waals surface area (Å²) in [6.45, 7) is 0.0783. The van der Waals surface area contributed by atoms with Crippen molar-refractivity contribution in [1.82, 2.24) is 4.90 Å². The summed E-state index contributed by atoms with van der Waals surface area (Å²) in [5, 5.41) is 0. The standard InChI is InChI=1S/C21H22BrNO5/c1-23(13-15-6-4-3-5-7-15)20(25)14-28-21(26)11-9-18(24)17-12-16(22)8-10-19(17)27-2/h3-8,10,12H,9,11,13-14H2,1-2H3. The van der Waals surface area contributed by atoms with Gasteiger partial charge < -0.3 is 14.4 Å². The number of nitrogens with zero attached hydrogens (tertiary/aromatic N) is 1. The molecule has 0 heterocycles. The average molecular weight is 448 g/mol. The van der Waals surface area contributed by atoms with Crippen LogP contribution in [0, 0.1) is 0 Å². The van der Waals surface area contributed by atoms with E-state index in [1.165, 1.54) is 12.0 Å². The third kappa shape index (κ3) is 6.49. The molecule has 0 saturated heterocycles. The van der Waals surface area contributed by atoms with Crippen LogP contribution in [0.15, 0.2) is 53.0 Å². The SMILES string of the molecule is COc1ccc(Br)cc1C(=O)CCC(=O)OCC(=O)N(C)Cc1ccccc1. The molecule has 148 valence electrons. The minimum absolute atomic E-state index is 0.0281. The highest BCUT2D eigenvalue weighted by Crippen LogP contribution is 2.24. The summed E-state index contributed by atoms with van der Waals surface area (Å²) < 4.78 is 10.9. The maximum absolute atomic E-state index is 12.3. The number of hydrogen-bond donors (Lipinski definition) is 0. The Kier molecular flexibility index (Phi) is 8.19. The van der Waals surface area contributed by atoms with Gasteiger partial charge in [-0.05, 0) is 23.8 Å². The number of carbonyl (C=O) groups excluding carboxylic acids is 3. The number of likely N-dealkylation sites (N-methyl/N-ethyl adjacent to an activating group) is 1. The fraction of sp³-hybridized carbons (Fsp3) is 0.286. The van der Waals surface area contributed by atoms with Crippen molar-refractivity contribution in [2.75, 3.05) is 20.8 Å². The van der Waals surface area contributed by atoms with E-state index >= 15 is 0 Å². The molecule has 0 aromatic heterocycles. The number of Topliss-reactive ketones (excluding diaryl/α,β-unsaturated/α-hetero) is 1. The molecule has 0 bridgehead atoms. The van der Waals surface area contributed by atoms with Gasteiger partial charge in [0, 0.05) is 24.5 Å². The van der Waals surface area contributed by atoms with Gasteiger partial charge >= 0.3 is 5.97 Å². The summed E-state index contributed by atoms with van der Waals surface area (Å²) in [6, 6.07) is 14.6. The van der Waals surface area contributed by atoms with Crippen LogP contribution in [-0.2, 0) is 20.9 Å². The lowest BCUT2D eigenvalue weighted by atomic mass is 10.1. The lowest BCUT2D eigenvalue weighted by Gasteiger charge is -2.17. The zero-order valence-electron chi connectivity index (χ0n) is 15.8. The molecule has 7 heteroatoms. The van der Waals surface area contributed by atoms with Gasteiger partial charge in [0.1, 0.15) is 5.75 Å². The van der Waals surface area contributed by atoms with Crippen LogP contribution in [0.5, 0.6) is 5.75 Å². The molecule has 28 heavy (non-hydrogen) atoms. The third-order valence-corrected chi connectivity index (χ3v) is 4.56. The van der Waals surface area contributed by atoms with Gasteiger partial charge in [-0.1, -0.05) is 46.3 Å². The summed E-state index contributed by atoms with van der Waals surface area (Å²) in [7, 11) is 3.12. The number of esters is 1. The topological polar surface area (TPSA) is 72.9 Å². The Morgan fingerprint density at radius 3 is 2.43 bits per heavy atom. The molecule has 6 nitrogen and oxygen atoms in total. The lowest BCUT2D eigenvalue weighted by molar-refractivity contribution is -0.151. The molecule has 2 rings (SSSR count). The number of carbonyl (C=O) groups is 3. The van der Waals surface area contributed by atoms with Crippen LogP contribution in [0.1, 0.15) is 28.8 Å². The van der Waals surface area contributed by atoms with Gasteiger partial charge in [-0.3, -0.25) is 14.4 Å². The van der Waals surface area contributed by atoms with Gasteiger partial charge in [-0.25, -0.2) is 0 Å². The first-order chi connectivity index (χ1) is 13.4. The monoisotopic (exact) mass is 447 g/mol. The third-order valence-electron chi connectivity index (χ3n) is 4.06. The van der Waals surface area contributed by atoms with E-state index in [1.807, 2.05) is 30.3 Å². The Hall–Kier alpha value is -2.67. The second kappa shape index (κ2) is 10.6. The number of rotatable bonds is 9. The van der Waals surface area contributed by atoms with Crippen LogP contribution in [0.4, 0.5) is 0 Å². The summed E-state index contributed by atoms with van der Waals surface area (Å²) in [5.74, 6) is -0.692. The van der Waals surface area contributed by atoms with E-state index in [1.54, 1.807) is 25.2 Å². The van der Waals surface area contributed by atoms with Gasteiger partial charge in [0.2, 0.25) is 0 Å². The van der Waals surface area contributed by atoms with Gasteiger partial charge in [-0.2, -0.15) is 0 Å². The number of ether oxygens (including phenoxy) is 2. The van der Waals surface area contributed by atoms with Gasteiger partial charge in [0.05, 0.1) is 19.1 Å². The van der Waals surface area contributed by atoms with Crippen molar-refractivity contribution in [3.8, 4) is 5.75 Å². The van der Waals surface area contributed by atoms with Gasteiger partial charge in [-0.15, -0.1) is 0 Å². The van der Waals surface area contributed by atoms with Crippen LogP contribution in [0.2, 0.25) is 0 Å². The van der Waals surface area contributed by atoms with Crippen molar-refractivity contribution < 1.29 is 23.9 Å². The smallest absolute Gasteiger partial charge is 0.306 e. The quantitative estimate of drug-likeness (QED) is 0.433. The molecule has 2 aromatic rings. The molecule has 0 unspecified atom stereocenters. The first-order valence-electron chi connectivity index (χ1n) is 8.71. The Morgan fingerprint density at radius 1 is 1.04 bits per heavy atom. The number of halogens is 1. The molecular formula is C21H22BrNO5. The fourth-order valence-corrected chi connectivity index (χ4v) is 2.88. The van der Waals surface area contributed by atoms with Crippen molar-refractivity contribution in [1.29, 1.82) is 0 Å².